The van der Waals surface area contributed by atoms with Crippen molar-refractivity contribution in [3.05, 3.63) is 108 Å². The van der Waals surface area contributed by atoms with Crippen molar-refractivity contribution in [3.8, 4) is 22.3 Å². The summed E-state index contributed by atoms with van der Waals surface area (Å²) in [5.41, 5.74) is 7.63. The highest BCUT2D eigenvalue weighted by atomic mass is 79.9. The largest absolute Gasteiger partial charge is 0.245 e. The molecule has 0 radical (unpaired) electrons. The summed E-state index contributed by atoms with van der Waals surface area (Å²) in [5.74, 6) is 0. The van der Waals surface area contributed by atoms with Crippen molar-refractivity contribution in [2.45, 2.75) is 0 Å². The van der Waals surface area contributed by atoms with Gasteiger partial charge in [0.15, 0.2) is 0 Å². The SMILES string of the molecule is Brc1ccc2ccc3c(-c4ccc(-c5ccccc5)cc4)c4ccccc4nc3c2n1. The Morgan fingerprint density at radius 2 is 1.16 bits per heavy atom. The normalized spacial score (nSPS) is 11.4. The van der Waals surface area contributed by atoms with Crippen LogP contribution in [0.25, 0.3) is 55.0 Å². The molecule has 0 aliphatic carbocycles. The zero-order valence-electron chi connectivity index (χ0n) is 16.6. The minimum atomic E-state index is 0.816. The lowest BCUT2D eigenvalue weighted by molar-refractivity contribution is 1.35. The molecule has 0 unspecified atom stereocenters. The number of aromatic nitrogens is 2. The number of nitrogens with zero attached hydrogens (tertiary/aromatic N) is 2. The number of fused-ring (bicyclic) bond motifs is 4. The van der Waals surface area contributed by atoms with Crippen LogP contribution in [-0.4, -0.2) is 9.97 Å². The van der Waals surface area contributed by atoms with E-state index < -0.39 is 0 Å². The van der Waals surface area contributed by atoms with E-state index in [0.29, 0.717) is 0 Å². The first-order chi connectivity index (χ1) is 15.3. The molecule has 0 fully saturated rings. The lowest BCUT2D eigenvalue weighted by Gasteiger charge is -2.13. The highest BCUT2D eigenvalue weighted by Gasteiger charge is 2.14. The van der Waals surface area contributed by atoms with Crippen molar-refractivity contribution in [1.29, 1.82) is 0 Å². The second-order valence-electron chi connectivity index (χ2n) is 7.61. The molecule has 0 atom stereocenters. The molecule has 31 heavy (non-hydrogen) atoms. The summed E-state index contributed by atoms with van der Waals surface area (Å²) in [6, 6.07) is 36.0. The number of hydrogen-bond acceptors (Lipinski definition) is 2. The van der Waals surface area contributed by atoms with Gasteiger partial charge in [-0.2, -0.15) is 0 Å². The average molecular weight is 461 g/mol. The first-order valence-corrected chi connectivity index (χ1v) is 11.0. The zero-order chi connectivity index (χ0) is 20.8. The fourth-order valence-corrected chi connectivity index (χ4v) is 4.59. The Balaban J connectivity index is 1.66. The molecule has 3 heteroatoms. The first-order valence-electron chi connectivity index (χ1n) is 10.2. The van der Waals surface area contributed by atoms with Crippen LogP contribution in [0.1, 0.15) is 0 Å². The second-order valence-corrected chi connectivity index (χ2v) is 8.43. The van der Waals surface area contributed by atoms with E-state index in [1.54, 1.807) is 0 Å². The van der Waals surface area contributed by atoms with E-state index in [0.717, 1.165) is 37.3 Å². The average Bonchev–Trinajstić information content (AvgIpc) is 2.83. The van der Waals surface area contributed by atoms with Crippen molar-refractivity contribution in [3.63, 3.8) is 0 Å². The molecule has 0 spiro atoms. The van der Waals surface area contributed by atoms with Gasteiger partial charge in [-0.1, -0.05) is 91.0 Å². The quantitative estimate of drug-likeness (QED) is 0.148. The van der Waals surface area contributed by atoms with Crippen molar-refractivity contribution in [1.82, 2.24) is 9.97 Å². The van der Waals surface area contributed by atoms with Gasteiger partial charge >= 0.3 is 0 Å². The smallest absolute Gasteiger partial charge is 0.106 e. The van der Waals surface area contributed by atoms with E-state index >= 15 is 0 Å². The Morgan fingerprint density at radius 3 is 2.00 bits per heavy atom. The Hall–Kier alpha value is -3.56. The van der Waals surface area contributed by atoms with Gasteiger partial charge in [-0.3, -0.25) is 0 Å². The molecule has 6 rings (SSSR count). The summed E-state index contributed by atoms with van der Waals surface area (Å²) in [6.07, 6.45) is 0. The summed E-state index contributed by atoms with van der Waals surface area (Å²) in [5, 5.41) is 3.35. The highest BCUT2D eigenvalue weighted by Crippen LogP contribution is 2.38. The lowest BCUT2D eigenvalue weighted by Crippen LogP contribution is -1.92. The number of para-hydroxylation sites is 1. The minimum Gasteiger partial charge on any atom is -0.245 e. The van der Waals surface area contributed by atoms with E-state index in [4.69, 9.17) is 9.97 Å². The van der Waals surface area contributed by atoms with Crippen molar-refractivity contribution < 1.29 is 0 Å². The Labute approximate surface area is 188 Å². The zero-order valence-corrected chi connectivity index (χ0v) is 18.2. The van der Waals surface area contributed by atoms with E-state index in [1.807, 2.05) is 18.2 Å². The van der Waals surface area contributed by atoms with Crippen LogP contribution in [0.15, 0.2) is 108 Å². The summed E-state index contributed by atoms with van der Waals surface area (Å²) in [6.45, 7) is 0. The van der Waals surface area contributed by atoms with Crippen molar-refractivity contribution in [2.24, 2.45) is 0 Å². The molecule has 4 aromatic carbocycles. The molecule has 0 aliphatic heterocycles. The van der Waals surface area contributed by atoms with Gasteiger partial charge in [0.05, 0.1) is 16.6 Å². The molecule has 0 N–H and O–H groups in total. The van der Waals surface area contributed by atoms with Crippen LogP contribution in [0.5, 0.6) is 0 Å². The topological polar surface area (TPSA) is 25.8 Å². The van der Waals surface area contributed by atoms with Crippen LogP contribution in [0, 0.1) is 0 Å². The molecule has 0 saturated heterocycles. The van der Waals surface area contributed by atoms with Gasteiger partial charge in [-0.25, -0.2) is 9.97 Å². The van der Waals surface area contributed by atoms with Gasteiger partial charge < -0.3 is 0 Å². The molecular weight excluding hydrogens is 444 g/mol. The lowest BCUT2D eigenvalue weighted by atomic mass is 9.94. The van der Waals surface area contributed by atoms with Gasteiger partial charge in [-0.05, 0) is 44.8 Å². The highest BCUT2D eigenvalue weighted by molar-refractivity contribution is 9.10. The number of benzene rings is 4. The minimum absolute atomic E-state index is 0.816. The molecule has 2 nitrogen and oxygen atoms in total. The fraction of sp³-hybridized carbons (Fsp3) is 0. The van der Waals surface area contributed by atoms with Gasteiger partial charge in [0.1, 0.15) is 4.60 Å². The fourth-order valence-electron chi connectivity index (χ4n) is 4.28. The van der Waals surface area contributed by atoms with E-state index in [1.165, 1.54) is 22.3 Å². The number of rotatable bonds is 2. The van der Waals surface area contributed by atoms with Gasteiger partial charge in [-0.15, -0.1) is 0 Å². The third-order valence-electron chi connectivity index (χ3n) is 5.76. The number of hydrogen-bond donors (Lipinski definition) is 0. The third-order valence-corrected chi connectivity index (χ3v) is 6.20. The van der Waals surface area contributed by atoms with E-state index in [-0.39, 0.29) is 0 Å². The Morgan fingerprint density at radius 1 is 0.484 bits per heavy atom. The molecule has 0 saturated carbocycles. The number of halogens is 1. The molecule has 2 heterocycles. The molecule has 0 aliphatic rings. The van der Waals surface area contributed by atoms with Crippen LogP contribution < -0.4 is 0 Å². The maximum Gasteiger partial charge on any atom is 0.106 e. The summed E-state index contributed by atoms with van der Waals surface area (Å²) >= 11 is 3.52. The maximum absolute atomic E-state index is 5.01. The van der Waals surface area contributed by atoms with Crippen LogP contribution in [0.3, 0.4) is 0 Å². The summed E-state index contributed by atoms with van der Waals surface area (Å²) in [7, 11) is 0. The van der Waals surface area contributed by atoms with Crippen LogP contribution in [0.2, 0.25) is 0 Å². The van der Waals surface area contributed by atoms with Crippen LogP contribution >= 0.6 is 15.9 Å². The van der Waals surface area contributed by atoms with Gasteiger partial charge in [0, 0.05) is 21.7 Å². The standard InChI is InChI=1S/C28H17BrN2/c29-25-17-15-21-14-16-23-26(20-12-10-19(11-13-20)18-6-2-1-3-7-18)22-8-4-5-9-24(22)30-28(23)27(21)31-25/h1-17H. The third kappa shape index (κ3) is 3.09. The molecule has 6 aromatic rings. The van der Waals surface area contributed by atoms with Crippen molar-refractivity contribution >= 4 is 48.6 Å². The molecular formula is C28H17BrN2. The van der Waals surface area contributed by atoms with Gasteiger partial charge in [0.25, 0.3) is 0 Å². The Kier molecular flexibility index (Phi) is 4.29. The molecule has 0 bridgehead atoms. The predicted molar refractivity (Wildman–Crippen MR) is 133 cm³/mol. The van der Waals surface area contributed by atoms with Crippen molar-refractivity contribution in [2.75, 3.05) is 0 Å². The van der Waals surface area contributed by atoms with E-state index in [2.05, 4.69) is 101 Å². The summed E-state index contributed by atoms with van der Waals surface area (Å²) in [4.78, 5) is 9.77. The van der Waals surface area contributed by atoms with Crippen LogP contribution in [0.4, 0.5) is 0 Å². The predicted octanol–water partition coefficient (Wildman–Crippen LogP) is 8.03. The summed E-state index contributed by atoms with van der Waals surface area (Å²) < 4.78 is 0.816. The first kappa shape index (κ1) is 18.2. The Bertz CT molecular complexity index is 1570. The maximum atomic E-state index is 5.01. The second kappa shape index (κ2) is 7.29. The molecule has 0 amide bonds. The van der Waals surface area contributed by atoms with E-state index in [9.17, 15) is 0 Å². The molecule has 146 valence electrons. The monoisotopic (exact) mass is 460 g/mol. The number of pyridine rings is 2. The van der Waals surface area contributed by atoms with Gasteiger partial charge in [0.2, 0.25) is 0 Å². The van der Waals surface area contributed by atoms with Crippen LogP contribution in [-0.2, 0) is 0 Å². The molecule has 2 aromatic heterocycles.